The molecule has 0 atom stereocenters. The number of hydrogen-bond acceptors (Lipinski definition) is 1. The van der Waals surface area contributed by atoms with Gasteiger partial charge in [-0.2, -0.15) is 13.2 Å². The molecular formula is C26H23Cl3F3N. The van der Waals surface area contributed by atoms with Crippen LogP contribution in [0, 0.1) is 0 Å². The van der Waals surface area contributed by atoms with Gasteiger partial charge in [0.25, 0.3) is 0 Å². The van der Waals surface area contributed by atoms with Gasteiger partial charge in [0.05, 0.1) is 5.56 Å². The van der Waals surface area contributed by atoms with Crippen LogP contribution in [0.5, 0.6) is 0 Å². The van der Waals surface area contributed by atoms with Gasteiger partial charge in [0.2, 0.25) is 0 Å². The monoisotopic (exact) mass is 511 g/mol. The summed E-state index contributed by atoms with van der Waals surface area (Å²) in [5.74, 6) is 0. The Balaban J connectivity index is 0.00000306. The van der Waals surface area contributed by atoms with Gasteiger partial charge in [0.1, 0.15) is 0 Å². The Labute approximate surface area is 208 Å². The molecule has 0 N–H and O–H groups in total. The third kappa shape index (κ3) is 6.54. The van der Waals surface area contributed by atoms with Gasteiger partial charge in [-0.05, 0) is 59.4 Å². The topological polar surface area (TPSA) is 3.24 Å². The highest BCUT2D eigenvalue weighted by Gasteiger charge is 2.30. The maximum absolute atomic E-state index is 13.0. The van der Waals surface area contributed by atoms with Gasteiger partial charge in [-0.1, -0.05) is 71.7 Å². The summed E-state index contributed by atoms with van der Waals surface area (Å²) < 4.78 is 38.9. The van der Waals surface area contributed by atoms with Crippen molar-refractivity contribution in [1.29, 1.82) is 0 Å². The van der Waals surface area contributed by atoms with Crippen LogP contribution in [0.3, 0.4) is 0 Å². The number of rotatable bonds is 5. The standard InChI is InChI=1S/C26H22Cl2F3N.ClH/c27-23-8-9-24(25(28)17-23)20-6-4-18(5-7-20)10-13-32-14-11-19(12-15-32)21-2-1-3-22(16-21)26(29,30)31;/h1-9,11,16-17H,10,12-15H2;1H. The van der Waals surface area contributed by atoms with Gasteiger partial charge in [0, 0.05) is 35.2 Å². The lowest BCUT2D eigenvalue weighted by Gasteiger charge is -2.26. The molecule has 3 aromatic carbocycles. The summed E-state index contributed by atoms with van der Waals surface area (Å²) in [6.45, 7) is 2.47. The first-order valence-electron chi connectivity index (χ1n) is 10.4. The zero-order chi connectivity index (χ0) is 22.7. The molecule has 1 aliphatic rings. The van der Waals surface area contributed by atoms with E-state index in [1.165, 1.54) is 17.7 Å². The normalized spacial score (nSPS) is 14.5. The fraction of sp³-hybridized carbons (Fsp3) is 0.231. The van der Waals surface area contributed by atoms with Crippen molar-refractivity contribution in [2.45, 2.75) is 19.0 Å². The van der Waals surface area contributed by atoms with Crippen LogP contribution >= 0.6 is 35.6 Å². The molecule has 0 radical (unpaired) electrons. The third-order valence-electron chi connectivity index (χ3n) is 5.77. The highest BCUT2D eigenvalue weighted by Crippen LogP contribution is 2.33. The number of halogens is 6. The molecule has 1 aliphatic heterocycles. The second kappa shape index (κ2) is 11.0. The van der Waals surface area contributed by atoms with Crippen molar-refractivity contribution in [2.24, 2.45) is 0 Å². The number of hydrogen-bond donors (Lipinski definition) is 0. The second-order valence-electron chi connectivity index (χ2n) is 7.93. The van der Waals surface area contributed by atoms with Gasteiger partial charge in [0.15, 0.2) is 0 Å². The van der Waals surface area contributed by atoms with E-state index in [1.54, 1.807) is 12.1 Å². The van der Waals surface area contributed by atoms with Crippen LogP contribution in [0.25, 0.3) is 16.7 Å². The zero-order valence-corrected chi connectivity index (χ0v) is 20.0. The lowest BCUT2D eigenvalue weighted by Crippen LogP contribution is -2.30. The van der Waals surface area contributed by atoms with Crippen LogP contribution in [0.4, 0.5) is 13.2 Å². The highest BCUT2D eigenvalue weighted by molar-refractivity contribution is 6.36. The largest absolute Gasteiger partial charge is 0.416 e. The fourth-order valence-electron chi connectivity index (χ4n) is 3.93. The SMILES string of the molecule is Cl.FC(F)(F)c1cccc(C2=CCN(CCc3ccc(-c4ccc(Cl)cc4Cl)cc3)CC2)c1. The van der Waals surface area contributed by atoms with Crippen molar-refractivity contribution in [1.82, 2.24) is 4.90 Å². The van der Waals surface area contributed by atoms with Crippen LogP contribution in [0.2, 0.25) is 10.0 Å². The van der Waals surface area contributed by atoms with Crippen molar-refractivity contribution in [3.8, 4) is 11.1 Å². The van der Waals surface area contributed by atoms with Gasteiger partial charge >= 0.3 is 6.18 Å². The summed E-state index contributed by atoms with van der Waals surface area (Å²) in [5.41, 5.74) is 4.27. The average Bonchev–Trinajstić information content (AvgIpc) is 2.78. The van der Waals surface area contributed by atoms with Crippen molar-refractivity contribution < 1.29 is 13.2 Å². The van der Waals surface area contributed by atoms with Crippen LogP contribution in [-0.2, 0) is 12.6 Å². The van der Waals surface area contributed by atoms with Crippen molar-refractivity contribution >= 4 is 41.2 Å². The first kappa shape index (κ1) is 25.6. The van der Waals surface area contributed by atoms with E-state index in [-0.39, 0.29) is 12.4 Å². The van der Waals surface area contributed by atoms with E-state index in [0.717, 1.165) is 55.2 Å². The smallest absolute Gasteiger partial charge is 0.299 e. The van der Waals surface area contributed by atoms with E-state index in [2.05, 4.69) is 29.2 Å². The van der Waals surface area contributed by atoms with E-state index in [0.29, 0.717) is 15.6 Å². The van der Waals surface area contributed by atoms with E-state index < -0.39 is 11.7 Å². The predicted molar refractivity (Wildman–Crippen MR) is 133 cm³/mol. The van der Waals surface area contributed by atoms with Gasteiger partial charge < -0.3 is 0 Å². The molecule has 1 nitrogen and oxygen atoms in total. The molecule has 0 saturated heterocycles. The van der Waals surface area contributed by atoms with Crippen molar-refractivity contribution in [3.05, 3.63) is 99.5 Å². The maximum Gasteiger partial charge on any atom is 0.416 e. The maximum atomic E-state index is 13.0. The molecule has 0 spiro atoms. The molecule has 3 aromatic rings. The molecule has 0 unspecified atom stereocenters. The first-order chi connectivity index (χ1) is 15.3. The lowest BCUT2D eigenvalue weighted by molar-refractivity contribution is -0.137. The summed E-state index contributed by atoms with van der Waals surface area (Å²) in [6.07, 6.45) is -0.618. The molecular weight excluding hydrogens is 490 g/mol. The number of alkyl halides is 3. The Morgan fingerprint density at radius 2 is 1.64 bits per heavy atom. The van der Waals surface area contributed by atoms with Crippen molar-refractivity contribution in [3.63, 3.8) is 0 Å². The molecule has 174 valence electrons. The molecule has 7 heteroatoms. The Hall–Kier alpha value is -1.98. The Bertz CT molecular complexity index is 1120. The average molecular weight is 513 g/mol. The molecule has 0 aromatic heterocycles. The molecule has 0 fully saturated rings. The Morgan fingerprint density at radius 1 is 0.879 bits per heavy atom. The second-order valence-corrected chi connectivity index (χ2v) is 8.77. The predicted octanol–water partition coefficient (Wildman–Crippen LogP) is 8.43. The quantitative estimate of drug-likeness (QED) is 0.331. The van der Waals surface area contributed by atoms with Crippen LogP contribution in [-0.4, -0.2) is 24.5 Å². The van der Waals surface area contributed by atoms with E-state index in [9.17, 15) is 13.2 Å². The minimum Gasteiger partial charge on any atom is -0.299 e. The summed E-state index contributed by atoms with van der Waals surface area (Å²) in [7, 11) is 0. The van der Waals surface area contributed by atoms with Gasteiger partial charge in [-0.25, -0.2) is 0 Å². The molecule has 0 saturated carbocycles. The number of benzene rings is 3. The summed E-state index contributed by atoms with van der Waals surface area (Å²) in [6, 6.07) is 19.4. The summed E-state index contributed by atoms with van der Waals surface area (Å²) in [4.78, 5) is 2.32. The van der Waals surface area contributed by atoms with E-state index >= 15 is 0 Å². The minimum atomic E-state index is -4.31. The first-order valence-corrected chi connectivity index (χ1v) is 11.2. The van der Waals surface area contributed by atoms with Crippen LogP contribution in [0.15, 0.2) is 72.8 Å². The molecule has 0 aliphatic carbocycles. The Kier molecular flexibility index (Phi) is 8.52. The molecule has 1 heterocycles. The molecule has 33 heavy (non-hydrogen) atoms. The Morgan fingerprint density at radius 3 is 2.27 bits per heavy atom. The van der Waals surface area contributed by atoms with Crippen LogP contribution in [0.1, 0.15) is 23.1 Å². The van der Waals surface area contributed by atoms with E-state index in [1.807, 2.05) is 18.2 Å². The van der Waals surface area contributed by atoms with Gasteiger partial charge in [-0.15, -0.1) is 12.4 Å². The molecule has 4 rings (SSSR count). The zero-order valence-electron chi connectivity index (χ0n) is 17.7. The third-order valence-corrected chi connectivity index (χ3v) is 6.31. The summed E-state index contributed by atoms with van der Waals surface area (Å²) in [5, 5.41) is 1.24. The highest BCUT2D eigenvalue weighted by atomic mass is 35.5. The lowest BCUT2D eigenvalue weighted by atomic mass is 9.97. The van der Waals surface area contributed by atoms with Gasteiger partial charge in [-0.3, -0.25) is 4.90 Å². The molecule has 0 bridgehead atoms. The molecule has 0 amide bonds. The van der Waals surface area contributed by atoms with Crippen LogP contribution < -0.4 is 0 Å². The number of nitrogens with zero attached hydrogens (tertiary/aromatic N) is 1. The minimum absolute atomic E-state index is 0. The fourth-order valence-corrected chi connectivity index (χ4v) is 4.45. The van der Waals surface area contributed by atoms with E-state index in [4.69, 9.17) is 23.2 Å². The summed E-state index contributed by atoms with van der Waals surface area (Å²) >= 11 is 12.3. The van der Waals surface area contributed by atoms with Crippen molar-refractivity contribution in [2.75, 3.05) is 19.6 Å².